The SMILES string of the molecule is CC1(C)OCC(c2cnc(N)o2)O1. The molecule has 72 valence electrons. The van der Waals surface area contributed by atoms with E-state index in [0.717, 1.165) is 0 Å². The van der Waals surface area contributed by atoms with Crippen molar-refractivity contribution in [2.24, 2.45) is 0 Å². The van der Waals surface area contributed by atoms with E-state index in [1.54, 1.807) is 6.20 Å². The summed E-state index contributed by atoms with van der Waals surface area (Å²) in [7, 11) is 0. The first-order chi connectivity index (χ1) is 6.07. The van der Waals surface area contributed by atoms with Crippen molar-refractivity contribution in [3.63, 3.8) is 0 Å². The molecule has 1 aliphatic heterocycles. The summed E-state index contributed by atoms with van der Waals surface area (Å²) in [5, 5.41) is 0. The molecule has 1 aromatic rings. The number of hydrogen-bond donors (Lipinski definition) is 1. The second-order valence-electron chi connectivity index (χ2n) is 3.42. The molecule has 0 bridgehead atoms. The summed E-state index contributed by atoms with van der Waals surface area (Å²) in [6.45, 7) is 4.18. The molecule has 1 unspecified atom stereocenters. The molecule has 5 nitrogen and oxygen atoms in total. The average molecular weight is 184 g/mol. The number of nitrogens with zero attached hydrogens (tertiary/aromatic N) is 1. The van der Waals surface area contributed by atoms with Crippen LogP contribution in [0.1, 0.15) is 25.7 Å². The Labute approximate surface area is 75.8 Å². The van der Waals surface area contributed by atoms with Gasteiger partial charge in [0.05, 0.1) is 12.8 Å². The molecule has 0 radical (unpaired) electrons. The fraction of sp³-hybridized carbons (Fsp3) is 0.625. The molecule has 1 atom stereocenters. The van der Waals surface area contributed by atoms with Crippen molar-refractivity contribution >= 4 is 6.01 Å². The maximum Gasteiger partial charge on any atom is 0.292 e. The topological polar surface area (TPSA) is 70.5 Å². The summed E-state index contributed by atoms with van der Waals surface area (Å²) in [5.74, 6) is 0.0646. The van der Waals surface area contributed by atoms with E-state index in [9.17, 15) is 0 Å². The largest absolute Gasteiger partial charge is 0.426 e. The van der Waals surface area contributed by atoms with Gasteiger partial charge in [0, 0.05) is 0 Å². The van der Waals surface area contributed by atoms with Crippen molar-refractivity contribution in [2.45, 2.75) is 25.7 Å². The van der Waals surface area contributed by atoms with Gasteiger partial charge in [0.25, 0.3) is 6.01 Å². The fourth-order valence-electron chi connectivity index (χ4n) is 1.28. The number of nitrogen functional groups attached to an aromatic ring is 1. The minimum atomic E-state index is -0.549. The lowest BCUT2D eigenvalue weighted by Crippen LogP contribution is -2.19. The molecule has 1 saturated heterocycles. The summed E-state index contributed by atoms with van der Waals surface area (Å²) < 4.78 is 16.0. The number of hydrogen-bond acceptors (Lipinski definition) is 5. The van der Waals surface area contributed by atoms with Gasteiger partial charge in [-0.15, -0.1) is 0 Å². The predicted octanol–water partition coefficient (Wildman–Crippen LogP) is 1.08. The zero-order valence-electron chi connectivity index (χ0n) is 7.61. The van der Waals surface area contributed by atoms with E-state index in [4.69, 9.17) is 19.6 Å². The lowest BCUT2D eigenvalue weighted by Gasteiger charge is -2.15. The molecule has 1 aromatic heterocycles. The Morgan fingerprint density at radius 2 is 2.38 bits per heavy atom. The van der Waals surface area contributed by atoms with Crippen molar-refractivity contribution in [2.75, 3.05) is 12.3 Å². The van der Waals surface area contributed by atoms with Crippen LogP contribution >= 0.6 is 0 Å². The molecule has 0 amide bonds. The summed E-state index contributed by atoms with van der Waals surface area (Å²) in [4.78, 5) is 3.78. The fourth-order valence-corrected chi connectivity index (χ4v) is 1.28. The molecule has 1 fully saturated rings. The van der Waals surface area contributed by atoms with Crippen molar-refractivity contribution in [1.82, 2.24) is 4.98 Å². The third kappa shape index (κ3) is 1.66. The van der Waals surface area contributed by atoms with Crippen LogP contribution in [0.2, 0.25) is 0 Å². The second-order valence-corrected chi connectivity index (χ2v) is 3.42. The highest BCUT2D eigenvalue weighted by Crippen LogP contribution is 2.33. The van der Waals surface area contributed by atoms with Gasteiger partial charge in [-0.1, -0.05) is 0 Å². The van der Waals surface area contributed by atoms with Gasteiger partial charge in [-0.2, -0.15) is 0 Å². The van der Waals surface area contributed by atoms with Crippen LogP contribution in [0.25, 0.3) is 0 Å². The van der Waals surface area contributed by atoms with Gasteiger partial charge in [0.15, 0.2) is 11.5 Å². The van der Waals surface area contributed by atoms with E-state index in [1.807, 2.05) is 13.8 Å². The number of oxazole rings is 1. The highest BCUT2D eigenvalue weighted by atomic mass is 16.7. The van der Waals surface area contributed by atoms with Crippen LogP contribution in [0.5, 0.6) is 0 Å². The van der Waals surface area contributed by atoms with Gasteiger partial charge in [-0.3, -0.25) is 0 Å². The molecule has 1 aliphatic rings. The van der Waals surface area contributed by atoms with Gasteiger partial charge in [0.2, 0.25) is 0 Å². The van der Waals surface area contributed by atoms with E-state index in [1.165, 1.54) is 0 Å². The summed E-state index contributed by atoms with van der Waals surface area (Å²) >= 11 is 0. The standard InChI is InChI=1S/C8H12N2O3/c1-8(2)11-4-6(13-8)5-3-10-7(9)12-5/h3,6H,4H2,1-2H3,(H2,9,10). The summed E-state index contributed by atoms with van der Waals surface area (Å²) in [5.41, 5.74) is 5.34. The molecule has 13 heavy (non-hydrogen) atoms. The molecule has 0 aromatic carbocycles. The van der Waals surface area contributed by atoms with Gasteiger partial charge >= 0.3 is 0 Å². The van der Waals surface area contributed by atoms with Crippen molar-refractivity contribution < 1.29 is 13.9 Å². The number of aromatic nitrogens is 1. The highest BCUT2D eigenvalue weighted by molar-refractivity contribution is 5.13. The maximum absolute atomic E-state index is 5.54. The van der Waals surface area contributed by atoms with Crippen LogP contribution in [0.3, 0.4) is 0 Å². The number of ether oxygens (including phenoxy) is 2. The normalized spacial score (nSPS) is 26.5. The molecule has 2 N–H and O–H groups in total. The lowest BCUT2D eigenvalue weighted by molar-refractivity contribution is -0.140. The maximum atomic E-state index is 5.54. The zero-order valence-corrected chi connectivity index (χ0v) is 7.61. The van der Waals surface area contributed by atoms with Crippen LogP contribution in [0.4, 0.5) is 6.01 Å². The van der Waals surface area contributed by atoms with Gasteiger partial charge in [0.1, 0.15) is 6.10 Å². The van der Waals surface area contributed by atoms with Gasteiger partial charge in [-0.25, -0.2) is 4.98 Å². The Bertz CT molecular complexity index is 308. The third-order valence-electron chi connectivity index (χ3n) is 1.87. The van der Waals surface area contributed by atoms with E-state index < -0.39 is 5.79 Å². The summed E-state index contributed by atoms with van der Waals surface area (Å²) in [6.07, 6.45) is 1.37. The Morgan fingerprint density at radius 3 is 2.85 bits per heavy atom. The molecule has 2 heterocycles. The van der Waals surface area contributed by atoms with Crippen LogP contribution in [-0.2, 0) is 9.47 Å². The number of anilines is 1. The molecule has 5 heteroatoms. The van der Waals surface area contributed by atoms with E-state index >= 15 is 0 Å². The molecule has 2 rings (SSSR count). The molecule has 0 aliphatic carbocycles. The minimum absolute atomic E-state index is 0.156. The second kappa shape index (κ2) is 2.71. The third-order valence-corrected chi connectivity index (χ3v) is 1.87. The van der Waals surface area contributed by atoms with E-state index in [2.05, 4.69) is 4.98 Å². The molecule has 0 spiro atoms. The quantitative estimate of drug-likeness (QED) is 0.707. The smallest absolute Gasteiger partial charge is 0.292 e. The van der Waals surface area contributed by atoms with Gasteiger partial charge < -0.3 is 19.6 Å². The van der Waals surface area contributed by atoms with Crippen molar-refractivity contribution in [3.8, 4) is 0 Å². The van der Waals surface area contributed by atoms with E-state index in [0.29, 0.717) is 12.4 Å². The van der Waals surface area contributed by atoms with E-state index in [-0.39, 0.29) is 12.1 Å². The van der Waals surface area contributed by atoms with Crippen LogP contribution in [-0.4, -0.2) is 17.4 Å². The summed E-state index contributed by atoms with van der Waals surface area (Å²) in [6, 6.07) is 0.156. The van der Waals surface area contributed by atoms with Gasteiger partial charge in [-0.05, 0) is 13.8 Å². The number of nitrogens with two attached hydrogens (primary N) is 1. The van der Waals surface area contributed by atoms with Crippen molar-refractivity contribution in [1.29, 1.82) is 0 Å². The molecular weight excluding hydrogens is 172 g/mol. The lowest BCUT2D eigenvalue weighted by atomic mass is 10.3. The predicted molar refractivity (Wildman–Crippen MR) is 44.8 cm³/mol. The Kier molecular flexibility index (Phi) is 1.78. The average Bonchev–Trinajstić information content (AvgIpc) is 2.56. The first kappa shape index (κ1) is 8.52. The van der Waals surface area contributed by atoms with Crippen LogP contribution in [0, 0.1) is 0 Å². The van der Waals surface area contributed by atoms with Crippen molar-refractivity contribution in [3.05, 3.63) is 12.0 Å². The van der Waals surface area contributed by atoms with Crippen LogP contribution < -0.4 is 5.73 Å². The monoisotopic (exact) mass is 184 g/mol. The molecular formula is C8H12N2O3. The first-order valence-corrected chi connectivity index (χ1v) is 4.10. The number of rotatable bonds is 1. The minimum Gasteiger partial charge on any atom is -0.426 e. The zero-order chi connectivity index (χ0) is 9.47. The van der Waals surface area contributed by atoms with Crippen LogP contribution in [0.15, 0.2) is 10.6 Å². The molecule has 0 saturated carbocycles. The Hall–Kier alpha value is -1.07. The highest BCUT2D eigenvalue weighted by Gasteiger charge is 2.35. The first-order valence-electron chi connectivity index (χ1n) is 4.10. The Balaban J connectivity index is 2.12. The Morgan fingerprint density at radius 1 is 1.62 bits per heavy atom.